The molecule has 1 N–H and O–H groups in total. The molecule has 3 heteroatoms. The summed E-state index contributed by atoms with van der Waals surface area (Å²) in [6, 6.07) is 2.10. The second kappa shape index (κ2) is 5.58. The number of hydrogen-bond acceptors (Lipinski definition) is 2. The van der Waals surface area contributed by atoms with E-state index in [-0.39, 0.29) is 5.91 Å². The molecule has 3 nitrogen and oxygen atoms in total. The third-order valence-corrected chi connectivity index (χ3v) is 2.13. The fraction of sp³-hybridized carbons (Fsp3) is 0.800. The van der Waals surface area contributed by atoms with Crippen molar-refractivity contribution in [2.24, 2.45) is 0 Å². The number of carbonyl (C=O) groups excluding carboxylic acids is 1. The van der Waals surface area contributed by atoms with Crippen LogP contribution in [0.25, 0.3) is 0 Å². The van der Waals surface area contributed by atoms with Crippen molar-refractivity contribution in [3.63, 3.8) is 0 Å². The second-order valence-corrected chi connectivity index (χ2v) is 3.45. The van der Waals surface area contributed by atoms with Crippen molar-refractivity contribution in [1.82, 2.24) is 5.32 Å². The van der Waals surface area contributed by atoms with E-state index in [9.17, 15) is 4.79 Å². The average molecular weight is 182 g/mol. The summed E-state index contributed by atoms with van der Waals surface area (Å²) in [5, 5.41) is 11.5. The third kappa shape index (κ3) is 4.51. The standard InChI is InChI=1S/C10H18N2O/c1-4-6-7-9(13)12-10(3,5-2)8-11/h4-7H2,1-3H3,(H,12,13). The maximum absolute atomic E-state index is 11.3. The second-order valence-electron chi connectivity index (χ2n) is 3.45. The summed E-state index contributed by atoms with van der Waals surface area (Å²) >= 11 is 0. The van der Waals surface area contributed by atoms with Gasteiger partial charge in [0.2, 0.25) is 5.91 Å². The SMILES string of the molecule is CCCCC(=O)NC(C)(C#N)CC. The summed E-state index contributed by atoms with van der Waals surface area (Å²) in [5.41, 5.74) is -0.690. The maximum atomic E-state index is 11.3. The molecule has 1 amide bonds. The predicted molar refractivity (Wildman–Crippen MR) is 52.0 cm³/mol. The van der Waals surface area contributed by atoms with Gasteiger partial charge < -0.3 is 5.32 Å². The van der Waals surface area contributed by atoms with Crippen molar-refractivity contribution in [3.8, 4) is 6.07 Å². The van der Waals surface area contributed by atoms with Gasteiger partial charge >= 0.3 is 0 Å². The quantitative estimate of drug-likeness (QED) is 0.706. The predicted octanol–water partition coefficient (Wildman–Crippen LogP) is 1.99. The first-order chi connectivity index (χ1) is 6.08. The number of amides is 1. The lowest BCUT2D eigenvalue weighted by Crippen LogP contribution is -2.44. The van der Waals surface area contributed by atoms with Gasteiger partial charge in [0.1, 0.15) is 5.54 Å². The van der Waals surface area contributed by atoms with Crippen molar-refractivity contribution >= 4 is 5.91 Å². The highest BCUT2D eigenvalue weighted by Crippen LogP contribution is 2.07. The first kappa shape index (κ1) is 12.0. The first-order valence-corrected chi connectivity index (χ1v) is 4.80. The molecule has 0 aliphatic heterocycles. The Labute approximate surface area is 80.1 Å². The zero-order chi connectivity index (χ0) is 10.3. The van der Waals surface area contributed by atoms with Gasteiger partial charge in [-0.05, 0) is 19.8 Å². The number of nitriles is 1. The molecule has 0 radical (unpaired) electrons. The Morgan fingerprint density at radius 1 is 1.54 bits per heavy atom. The fourth-order valence-corrected chi connectivity index (χ4v) is 0.903. The van der Waals surface area contributed by atoms with Gasteiger partial charge in [-0.3, -0.25) is 4.79 Å². The maximum Gasteiger partial charge on any atom is 0.221 e. The van der Waals surface area contributed by atoms with Gasteiger partial charge in [0.15, 0.2) is 0 Å². The molecular formula is C10H18N2O. The van der Waals surface area contributed by atoms with Gasteiger partial charge in [-0.15, -0.1) is 0 Å². The number of nitrogens with zero attached hydrogens (tertiary/aromatic N) is 1. The molecule has 13 heavy (non-hydrogen) atoms. The Morgan fingerprint density at radius 3 is 2.54 bits per heavy atom. The van der Waals surface area contributed by atoms with E-state index in [1.165, 1.54) is 0 Å². The minimum Gasteiger partial charge on any atom is -0.338 e. The van der Waals surface area contributed by atoms with Gasteiger partial charge in [0.05, 0.1) is 6.07 Å². The molecule has 0 spiro atoms. The number of unbranched alkanes of at least 4 members (excludes halogenated alkanes) is 1. The van der Waals surface area contributed by atoms with Crippen LogP contribution in [-0.4, -0.2) is 11.4 Å². The van der Waals surface area contributed by atoms with Gasteiger partial charge in [-0.25, -0.2) is 0 Å². The minimum atomic E-state index is -0.690. The number of hydrogen-bond donors (Lipinski definition) is 1. The molecule has 1 unspecified atom stereocenters. The Bertz CT molecular complexity index is 207. The highest BCUT2D eigenvalue weighted by molar-refractivity contribution is 5.77. The van der Waals surface area contributed by atoms with E-state index in [0.717, 1.165) is 12.8 Å². The molecule has 0 bridgehead atoms. The Hall–Kier alpha value is -1.04. The zero-order valence-electron chi connectivity index (χ0n) is 8.68. The monoisotopic (exact) mass is 182 g/mol. The molecule has 0 aliphatic carbocycles. The van der Waals surface area contributed by atoms with Crippen LogP contribution in [0, 0.1) is 11.3 Å². The van der Waals surface area contributed by atoms with E-state index in [1.54, 1.807) is 6.92 Å². The fourth-order valence-electron chi connectivity index (χ4n) is 0.903. The van der Waals surface area contributed by atoms with Gasteiger partial charge in [0.25, 0.3) is 0 Å². The van der Waals surface area contributed by atoms with Crippen LogP contribution in [0.2, 0.25) is 0 Å². The van der Waals surface area contributed by atoms with Gasteiger partial charge in [-0.2, -0.15) is 5.26 Å². The van der Waals surface area contributed by atoms with Crippen LogP contribution in [0.15, 0.2) is 0 Å². The zero-order valence-corrected chi connectivity index (χ0v) is 8.68. The van der Waals surface area contributed by atoms with Crippen LogP contribution < -0.4 is 5.32 Å². The lowest BCUT2D eigenvalue weighted by atomic mass is 10.0. The largest absolute Gasteiger partial charge is 0.338 e. The summed E-state index contributed by atoms with van der Waals surface area (Å²) < 4.78 is 0. The Kier molecular flexibility index (Phi) is 5.13. The average Bonchev–Trinajstić information content (AvgIpc) is 2.14. The molecule has 0 heterocycles. The van der Waals surface area contributed by atoms with Crippen LogP contribution in [0.5, 0.6) is 0 Å². The summed E-state index contributed by atoms with van der Waals surface area (Å²) in [4.78, 5) is 11.3. The van der Waals surface area contributed by atoms with Crippen LogP contribution >= 0.6 is 0 Å². The molecule has 0 aromatic heterocycles. The molecular weight excluding hydrogens is 164 g/mol. The van der Waals surface area contributed by atoms with Crippen LogP contribution in [0.3, 0.4) is 0 Å². The van der Waals surface area contributed by atoms with Crippen LogP contribution in [-0.2, 0) is 4.79 Å². The summed E-state index contributed by atoms with van der Waals surface area (Å²) in [5.74, 6) is -0.0206. The van der Waals surface area contributed by atoms with Crippen LogP contribution in [0.1, 0.15) is 46.5 Å². The Morgan fingerprint density at radius 2 is 2.15 bits per heavy atom. The summed E-state index contributed by atoms with van der Waals surface area (Å²) in [6.07, 6.45) is 3.05. The van der Waals surface area contributed by atoms with E-state index in [2.05, 4.69) is 11.4 Å². The molecule has 0 aromatic carbocycles. The number of rotatable bonds is 5. The molecule has 0 aromatic rings. The highest BCUT2D eigenvalue weighted by Gasteiger charge is 2.22. The minimum absolute atomic E-state index is 0.0206. The Balaban J connectivity index is 3.97. The highest BCUT2D eigenvalue weighted by atomic mass is 16.1. The molecule has 0 aliphatic rings. The van der Waals surface area contributed by atoms with Gasteiger partial charge in [0, 0.05) is 6.42 Å². The van der Waals surface area contributed by atoms with Crippen molar-refractivity contribution in [2.75, 3.05) is 0 Å². The smallest absolute Gasteiger partial charge is 0.221 e. The van der Waals surface area contributed by atoms with E-state index in [1.807, 2.05) is 13.8 Å². The van der Waals surface area contributed by atoms with Crippen LogP contribution in [0.4, 0.5) is 0 Å². The molecule has 1 atom stereocenters. The lowest BCUT2D eigenvalue weighted by molar-refractivity contribution is -0.122. The third-order valence-electron chi connectivity index (χ3n) is 2.13. The van der Waals surface area contributed by atoms with Gasteiger partial charge in [-0.1, -0.05) is 20.3 Å². The number of nitrogens with one attached hydrogen (secondary N) is 1. The molecule has 74 valence electrons. The van der Waals surface area contributed by atoms with Crippen molar-refractivity contribution in [2.45, 2.75) is 52.0 Å². The molecule has 0 fully saturated rings. The topological polar surface area (TPSA) is 52.9 Å². The summed E-state index contributed by atoms with van der Waals surface area (Å²) in [7, 11) is 0. The lowest BCUT2D eigenvalue weighted by Gasteiger charge is -2.20. The number of carbonyl (C=O) groups is 1. The van der Waals surface area contributed by atoms with E-state index in [0.29, 0.717) is 12.8 Å². The normalized spacial score (nSPS) is 14.3. The van der Waals surface area contributed by atoms with E-state index >= 15 is 0 Å². The first-order valence-electron chi connectivity index (χ1n) is 4.80. The summed E-state index contributed by atoms with van der Waals surface area (Å²) in [6.45, 7) is 5.68. The van der Waals surface area contributed by atoms with Crippen molar-refractivity contribution < 1.29 is 4.79 Å². The van der Waals surface area contributed by atoms with E-state index < -0.39 is 5.54 Å². The molecule has 0 rings (SSSR count). The van der Waals surface area contributed by atoms with Crippen molar-refractivity contribution in [1.29, 1.82) is 5.26 Å². The molecule has 0 saturated carbocycles. The van der Waals surface area contributed by atoms with Crippen molar-refractivity contribution in [3.05, 3.63) is 0 Å². The molecule has 0 saturated heterocycles. The van der Waals surface area contributed by atoms with E-state index in [4.69, 9.17) is 5.26 Å².